The minimum Gasteiger partial charge on any atom is -0.465 e. The van der Waals surface area contributed by atoms with E-state index in [1.807, 2.05) is 0 Å². The van der Waals surface area contributed by atoms with E-state index in [2.05, 4.69) is 26.4 Å². The molecule has 7 heteroatoms. The zero-order valence-electron chi connectivity index (χ0n) is 11.8. The van der Waals surface area contributed by atoms with Gasteiger partial charge in [-0.2, -0.15) is 13.9 Å². The molecule has 0 amide bonds. The Labute approximate surface area is 125 Å². The number of hydrogen-bond acceptors (Lipinski definition) is 4. The average molecular weight is 306 g/mol. The number of aromatic nitrogens is 2. The molecule has 2 rings (SSSR count). The van der Waals surface area contributed by atoms with Crippen LogP contribution in [0.15, 0.2) is 30.6 Å². The van der Waals surface area contributed by atoms with Crippen LogP contribution in [0.5, 0.6) is 5.75 Å². The van der Waals surface area contributed by atoms with Crippen LogP contribution < -0.4 is 4.74 Å². The molecular formula is C15H12F2N2O3. The Kier molecular flexibility index (Phi) is 4.73. The van der Waals surface area contributed by atoms with E-state index in [9.17, 15) is 13.6 Å². The molecule has 0 fully saturated rings. The highest BCUT2D eigenvalue weighted by Crippen LogP contribution is 2.22. The SMILES string of the molecule is COC(=O)c1ccc(OC(F)F)c(C#Cc2cnn(C)c2)c1. The van der Waals surface area contributed by atoms with Gasteiger partial charge in [0.05, 0.1) is 30.0 Å². The molecule has 0 bridgehead atoms. The van der Waals surface area contributed by atoms with Gasteiger partial charge in [0, 0.05) is 13.2 Å². The Hall–Kier alpha value is -2.88. The summed E-state index contributed by atoms with van der Waals surface area (Å²) in [4.78, 5) is 11.5. The predicted molar refractivity (Wildman–Crippen MR) is 73.6 cm³/mol. The van der Waals surface area contributed by atoms with Gasteiger partial charge in [0.1, 0.15) is 5.75 Å². The molecule has 0 radical (unpaired) electrons. The number of hydrogen-bond donors (Lipinski definition) is 0. The standard InChI is InChI=1S/C15H12F2N2O3/c1-19-9-10(8-18-19)3-4-11-7-12(14(20)21-2)5-6-13(11)22-15(16)17/h5-9,15H,1-2H3. The highest BCUT2D eigenvalue weighted by molar-refractivity contribution is 5.90. The van der Waals surface area contributed by atoms with E-state index in [4.69, 9.17) is 0 Å². The average Bonchev–Trinajstić information content (AvgIpc) is 2.90. The van der Waals surface area contributed by atoms with Crippen molar-refractivity contribution in [1.82, 2.24) is 9.78 Å². The summed E-state index contributed by atoms with van der Waals surface area (Å²) in [5.74, 6) is 4.77. The van der Waals surface area contributed by atoms with E-state index in [0.29, 0.717) is 5.56 Å². The first-order valence-electron chi connectivity index (χ1n) is 6.17. The van der Waals surface area contributed by atoms with Crippen LogP contribution in [0.2, 0.25) is 0 Å². The van der Waals surface area contributed by atoms with Gasteiger partial charge in [-0.15, -0.1) is 0 Å². The van der Waals surface area contributed by atoms with Gasteiger partial charge in [-0.05, 0) is 18.2 Å². The summed E-state index contributed by atoms with van der Waals surface area (Å²) < 4.78 is 35.4. The summed E-state index contributed by atoms with van der Waals surface area (Å²) in [6.45, 7) is -2.98. The van der Waals surface area contributed by atoms with E-state index in [1.165, 1.54) is 31.5 Å². The van der Waals surface area contributed by atoms with Crippen LogP contribution in [0, 0.1) is 11.8 Å². The van der Waals surface area contributed by atoms with Gasteiger partial charge in [-0.1, -0.05) is 11.8 Å². The molecule has 1 heterocycles. The first-order chi connectivity index (χ1) is 10.5. The fraction of sp³-hybridized carbons (Fsp3) is 0.200. The number of aryl methyl sites for hydroxylation is 1. The van der Waals surface area contributed by atoms with Crippen LogP contribution in [-0.4, -0.2) is 29.5 Å². The lowest BCUT2D eigenvalue weighted by molar-refractivity contribution is -0.0500. The van der Waals surface area contributed by atoms with Crippen LogP contribution in [0.25, 0.3) is 0 Å². The van der Waals surface area contributed by atoms with Crippen LogP contribution in [0.1, 0.15) is 21.5 Å². The van der Waals surface area contributed by atoms with Crippen molar-refractivity contribution in [2.75, 3.05) is 7.11 Å². The Morgan fingerprint density at radius 2 is 2.14 bits per heavy atom. The smallest absolute Gasteiger partial charge is 0.387 e. The van der Waals surface area contributed by atoms with Crippen LogP contribution in [-0.2, 0) is 11.8 Å². The maximum absolute atomic E-state index is 12.4. The van der Waals surface area contributed by atoms with Crippen molar-refractivity contribution in [3.05, 3.63) is 47.3 Å². The number of esters is 1. The molecule has 0 aliphatic carbocycles. The Morgan fingerprint density at radius 1 is 1.36 bits per heavy atom. The lowest BCUT2D eigenvalue weighted by Gasteiger charge is -2.08. The zero-order valence-corrected chi connectivity index (χ0v) is 11.8. The number of ether oxygens (including phenoxy) is 2. The Balaban J connectivity index is 2.40. The normalized spacial score (nSPS) is 10.0. The van der Waals surface area contributed by atoms with E-state index in [0.717, 1.165) is 0 Å². The summed E-state index contributed by atoms with van der Waals surface area (Å²) in [6.07, 6.45) is 3.20. The largest absolute Gasteiger partial charge is 0.465 e. The molecule has 0 atom stereocenters. The van der Waals surface area contributed by atoms with Crippen molar-refractivity contribution in [3.63, 3.8) is 0 Å². The number of carbonyl (C=O) groups excluding carboxylic acids is 1. The third-order valence-electron chi connectivity index (χ3n) is 2.66. The van der Waals surface area contributed by atoms with Crippen molar-refractivity contribution >= 4 is 5.97 Å². The van der Waals surface area contributed by atoms with Crippen LogP contribution >= 0.6 is 0 Å². The molecule has 0 N–H and O–H groups in total. The molecular weight excluding hydrogens is 294 g/mol. The summed E-state index contributed by atoms with van der Waals surface area (Å²) in [5.41, 5.74) is 0.959. The number of nitrogens with zero attached hydrogens (tertiary/aromatic N) is 2. The van der Waals surface area contributed by atoms with Gasteiger partial charge in [0.2, 0.25) is 0 Å². The van der Waals surface area contributed by atoms with Gasteiger partial charge in [-0.25, -0.2) is 4.79 Å². The van der Waals surface area contributed by atoms with Crippen molar-refractivity contribution in [1.29, 1.82) is 0 Å². The van der Waals surface area contributed by atoms with Gasteiger partial charge in [-0.3, -0.25) is 4.68 Å². The molecule has 114 valence electrons. The van der Waals surface area contributed by atoms with Crippen molar-refractivity contribution in [3.8, 4) is 17.6 Å². The van der Waals surface area contributed by atoms with Crippen molar-refractivity contribution in [2.45, 2.75) is 6.61 Å². The number of alkyl halides is 2. The lowest BCUT2D eigenvalue weighted by Crippen LogP contribution is -2.06. The lowest BCUT2D eigenvalue weighted by atomic mass is 10.1. The van der Waals surface area contributed by atoms with Crippen molar-refractivity contribution < 1.29 is 23.0 Å². The van der Waals surface area contributed by atoms with E-state index >= 15 is 0 Å². The van der Waals surface area contributed by atoms with Gasteiger partial charge < -0.3 is 9.47 Å². The molecule has 0 spiro atoms. The fourth-order valence-electron chi connectivity index (χ4n) is 1.70. The third-order valence-corrected chi connectivity index (χ3v) is 2.66. The van der Waals surface area contributed by atoms with E-state index in [1.54, 1.807) is 17.9 Å². The molecule has 0 saturated carbocycles. The molecule has 5 nitrogen and oxygen atoms in total. The quantitative estimate of drug-likeness (QED) is 0.644. The number of carbonyl (C=O) groups is 1. The van der Waals surface area contributed by atoms with Gasteiger partial charge in [0.15, 0.2) is 0 Å². The van der Waals surface area contributed by atoms with Gasteiger partial charge in [0.25, 0.3) is 0 Å². The highest BCUT2D eigenvalue weighted by Gasteiger charge is 2.12. The molecule has 22 heavy (non-hydrogen) atoms. The topological polar surface area (TPSA) is 53.4 Å². The highest BCUT2D eigenvalue weighted by atomic mass is 19.3. The Morgan fingerprint density at radius 3 is 2.73 bits per heavy atom. The number of benzene rings is 1. The van der Waals surface area contributed by atoms with E-state index < -0.39 is 12.6 Å². The predicted octanol–water partition coefficient (Wildman–Crippen LogP) is 2.21. The molecule has 0 saturated heterocycles. The fourth-order valence-corrected chi connectivity index (χ4v) is 1.70. The first kappa shape index (κ1) is 15.5. The first-order valence-corrected chi connectivity index (χ1v) is 6.17. The Bertz CT molecular complexity index is 745. The monoisotopic (exact) mass is 306 g/mol. The summed E-state index contributed by atoms with van der Waals surface area (Å²) in [5, 5.41) is 3.95. The minimum atomic E-state index is -2.98. The summed E-state index contributed by atoms with van der Waals surface area (Å²) in [7, 11) is 2.96. The molecule has 1 aromatic carbocycles. The zero-order chi connectivity index (χ0) is 16.1. The molecule has 2 aromatic rings. The number of halogens is 2. The second-order valence-corrected chi connectivity index (χ2v) is 4.23. The number of rotatable bonds is 3. The number of methoxy groups -OCH3 is 1. The maximum atomic E-state index is 12.4. The second kappa shape index (κ2) is 6.72. The molecule has 0 aliphatic rings. The maximum Gasteiger partial charge on any atom is 0.387 e. The second-order valence-electron chi connectivity index (χ2n) is 4.23. The van der Waals surface area contributed by atoms with Gasteiger partial charge >= 0.3 is 12.6 Å². The molecule has 1 aromatic heterocycles. The van der Waals surface area contributed by atoms with Crippen LogP contribution in [0.4, 0.5) is 8.78 Å². The van der Waals surface area contributed by atoms with Crippen molar-refractivity contribution in [2.24, 2.45) is 7.05 Å². The van der Waals surface area contributed by atoms with E-state index in [-0.39, 0.29) is 16.9 Å². The van der Waals surface area contributed by atoms with Crippen LogP contribution in [0.3, 0.4) is 0 Å². The molecule has 0 aliphatic heterocycles. The third kappa shape index (κ3) is 3.82. The molecule has 0 unspecified atom stereocenters. The summed E-state index contributed by atoms with van der Waals surface area (Å²) in [6, 6.07) is 3.93. The summed E-state index contributed by atoms with van der Waals surface area (Å²) >= 11 is 0. The minimum absolute atomic E-state index is 0.112.